The molecule has 24 heavy (non-hydrogen) atoms. The number of rotatable bonds is 3. The van der Waals surface area contributed by atoms with Crippen LogP contribution in [0.2, 0.25) is 0 Å². The maximum Gasteiger partial charge on any atom is 0.408 e. The van der Waals surface area contributed by atoms with Gasteiger partial charge in [-0.2, -0.15) is 13.2 Å². The van der Waals surface area contributed by atoms with Crippen LogP contribution in [0.1, 0.15) is 22.1 Å². The summed E-state index contributed by atoms with van der Waals surface area (Å²) in [6.45, 7) is 0.922. The first kappa shape index (κ1) is 16.6. The number of halogens is 3. The molecule has 1 amide bonds. The number of nitrogens with zero attached hydrogens (tertiary/aromatic N) is 2. The number of hydrogen-bond donors (Lipinski definition) is 1. The molecule has 1 aromatic heterocycles. The molecule has 0 saturated carbocycles. The summed E-state index contributed by atoms with van der Waals surface area (Å²) in [5, 5.41) is 0. The van der Waals surface area contributed by atoms with E-state index in [4.69, 9.17) is 0 Å². The third-order valence-electron chi connectivity index (χ3n) is 4.22. The lowest BCUT2D eigenvalue weighted by atomic mass is 10.0. The Morgan fingerprint density at radius 2 is 1.67 bits per heavy atom. The average molecular weight is 337 g/mol. The van der Waals surface area contributed by atoms with Gasteiger partial charge in [-0.25, -0.2) is 0 Å². The number of carbonyl (C=O) groups is 1. The number of nitrogens with one attached hydrogen (secondary N) is 1. The van der Waals surface area contributed by atoms with Crippen molar-refractivity contribution in [2.75, 3.05) is 26.2 Å². The highest BCUT2D eigenvalue weighted by molar-refractivity contribution is 5.92. The highest BCUT2D eigenvalue weighted by Gasteiger charge is 2.45. The molecule has 1 aliphatic heterocycles. The fraction of sp³-hybridized carbons (Fsp3) is 0.353. The monoisotopic (exact) mass is 337 g/mol. The predicted octanol–water partition coefficient (Wildman–Crippen LogP) is 3.08. The molecule has 3 rings (SSSR count). The van der Waals surface area contributed by atoms with Crippen LogP contribution < -0.4 is 0 Å². The average Bonchev–Trinajstić information content (AvgIpc) is 3.09. The molecular weight excluding hydrogens is 319 g/mol. The van der Waals surface area contributed by atoms with Gasteiger partial charge in [0.15, 0.2) is 0 Å². The van der Waals surface area contributed by atoms with E-state index in [0.717, 1.165) is 0 Å². The summed E-state index contributed by atoms with van der Waals surface area (Å²) in [4.78, 5) is 18.1. The third kappa shape index (κ3) is 3.46. The Morgan fingerprint density at radius 3 is 2.21 bits per heavy atom. The first-order valence-corrected chi connectivity index (χ1v) is 7.75. The molecule has 0 aliphatic carbocycles. The van der Waals surface area contributed by atoms with E-state index in [1.807, 2.05) is 0 Å². The van der Waals surface area contributed by atoms with Crippen LogP contribution >= 0.6 is 0 Å². The van der Waals surface area contributed by atoms with Gasteiger partial charge in [0.1, 0.15) is 11.7 Å². The Bertz CT molecular complexity index is 662. The lowest BCUT2D eigenvalue weighted by molar-refractivity contribution is -0.189. The molecule has 7 heteroatoms. The van der Waals surface area contributed by atoms with Gasteiger partial charge in [0.05, 0.1) is 0 Å². The second kappa shape index (κ2) is 6.68. The second-order valence-electron chi connectivity index (χ2n) is 5.77. The van der Waals surface area contributed by atoms with Gasteiger partial charge in [0.25, 0.3) is 5.91 Å². The summed E-state index contributed by atoms with van der Waals surface area (Å²) in [5.41, 5.74) is 0.688. The Labute approximate surface area is 137 Å². The van der Waals surface area contributed by atoms with Gasteiger partial charge in [-0.1, -0.05) is 30.3 Å². The van der Waals surface area contributed by atoms with E-state index in [9.17, 15) is 18.0 Å². The highest BCUT2D eigenvalue weighted by Crippen LogP contribution is 2.38. The van der Waals surface area contributed by atoms with Crippen LogP contribution in [0, 0.1) is 0 Å². The molecule has 0 bridgehead atoms. The molecule has 0 unspecified atom stereocenters. The Hall–Kier alpha value is -2.28. The summed E-state index contributed by atoms with van der Waals surface area (Å²) < 4.78 is 40.6. The van der Waals surface area contributed by atoms with E-state index in [1.165, 1.54) is 17.0 Å². The molecule has 0 spiro atoms. The number of carbonyl (C=O) groups excluding carboxylic acids is 1. The lowest BCUT2D eigenvalue weighted by Crippen LogP contribution is -2.52. The smallest absolute Gasteiger partial charge is 0.357 e. The minimum absolute atomic E-state index is 0.178. The molecule has 1 saturated heterocycles. The van der Waals surface area contributed by atoms with Gasteiger partial charge in [0.2, 0.25) is 0 Å². The van der Waals surface area contributed by atoms with Crippen molar-refractivity contribution in [1.29, 1.82) is 0 Å². The van der Waals surface area contributed by atoms with Crippen molar-refractivity contribution in [3.05, 3.63) is 59.9 Å². The SMILES string of the molecule is O=C(c1ccc[nH]1)N1CCN([C@H](c2ccccc2)C(F)(F)F)CC1. The maximum atomic E-state index is 13.5. The van der Waals surface area contributed by atoms with Crippen molar-refractivity contribution in [2.24, 2.45) is 0 Å². The fourth-order valence-corrected chi connectivity index (χ4v) is 3.06. The van der Waals surface area contributed by atoms with Gasteiger partial charge in [-0.15, -0.1) is 0 Å². The van der Waals surface area contributed by atoms with Crippen molar-refractivity contribution in [3.63, 3.8) is 0 Å². The number of hydrogen-bond acceptors (Lipinski definition) is 2. The number of benzene rings is 1. The van der Waals surface area contributed by atoms with E-state index in [2.05, 4.69) is 4.98 Å². The molecule has 1 aromatic carbocycles. The predicted molar refractivity (Wildman–Crippen MR) is 83.5 cm³/mol. The number of alkyl halides is 3. The minimum atomic E-state index is -4.35. The highest BCUT2D eigenvalue weighted by atomic mass is 19.4. The van der Waals surface area contributed by atoms with E-state index in [0.29, 0.717) is 5.69 Å². The van der Waals surface area contributed by atoms with Gasteiger partial charge in [-0.3, -0.25) is 9.69 Å². The van der Waals surface area contributed by atoms with E-state index < -0.39 is 12.2 Å². The van der Waals surface area contributed by atoms with Crippen molar-refractivity contribution in [2.45, 2.75) is 12.2 Å². The lowest BCUT2D eigenvalue weighted by Gasteiger charge is -2.40. The quantitative estimate of drug-likeness (QED) is 0.935. The fourth-order valence-electron chi connectivity index (χ4n) is 3.06. The Balaban J connectivity index is 1.71. The van der Waals surface area contributed by atoms with E-state index in [1.54, 1.807) is 41.4 Å². The summed E-state index contributed by atoms with van der Waals surface area (Å²) in [6.07, 6.45) is -2.70. The molecule has 1 fully saturated rings. The van der Waals surface area contributed by atoms with Crippen LogP contribution in [0.15, 0.2) is 48.7 Å². The van der Waals surface area contributed by atoms with Crippen LogP contribution in [0.5, 0.6) is 0 Å². The van der Waals surface area contributed by atoms with Crippen molar-refractivity contribution < 1.29 is 18.0 Å². The molecule has 0 radical (unpaired) electrons. The normalized spacial score (nSPS) is 17.7. The van der Waals surface area contributed by atoms with Crippen molar-refractivity contribution in [3.8, 4) is 0 Å². The summed E-state index contributed by atoms with van der Waals surface area (Å²) >= 11 is 0. The van der Waals surface area contributed by atoms with Crippen LogP contribution in [-0.4, -0.2) is 53.0 Å². The summed E-state index contributed by atoms with van der Waals surface area (Å²) in [7, 11) is 0. The second-order valence-corrected chi connectivity index (χ2v) is 5.77. The minimum Gasteiger partial charge on any atom is -0.357 e. The molecular formula is C17H18F3N3O. The summed E-state index contributed by atoms with van der Waals surface area (Å²) in [5.74, 6) is -0.178. The molecule has 2 heterocycles. The zero-order valence-electron chi connectivity index (χ0n) is 13.0. The van der Waals surface area contributed by atoms with Crippen molar-refractivity contribution in [1.82, 2.24) is 14.8 Å². The van der Waals surface area contributed by atoms with Crippen LogP contribution in [0.4, 0.5) is 13.2 Å². The Kier molecular flexibility index (Phi) is 4.62. The number of aromatic nitrogens is 1. The molecule has 1 N–H and O–H groups in total. The molecule has 4 nitrogen and oxygen atoms in total. The van der Waals surface area contributed by atoms with Gasteiger partial charge < -0.3 is 9.88 Å². The van der Waals surface area contributed by atoms with Gasteiger partial charge in [0, 0.05) is 32.4 Å². The third-order valence-corrected chi connectivity index (χ3v) is 4.22. The Morgan fingerprint density at radius 1 is 1.00 bits per heavy atom. The van der Waals surface area contributed by atoms with Crippen LogP contribution in [0.25, 0.3) is 0 Å². The first-order valence-electron chi connectivity index (χ1n) is 7.75. The molecule has 1 atom stereocenters. The number of aromatic amines is 1. The summed E-state index contributed by atoms with van der Waals surface area (Å²) in [6, 6.07) is 9.66. The number of H-pyrrole nitrogens is 1. The van der Waals surface area contributed by atoms with Crippen LogP contribution in [-0.2, 0) is 0 Å². The molecule has 2 aromatic rings. The van der Waals surface area contributed by atoms with Gasteiger partial charge >= 0.3 is 6.18 Å². The van der Waals surface area contributed by atoms with Gasteiger partial charge in [-0.05, 0) is 17.7 Å². The van der Waals surface area contributed by atoms with Crippen molar-refractivity contribution >= 4 is 5.91 Å². The maximum absolute atomic E-state index is 13.5. The molecule has 128 valence electrons. The zero-order valence-corrected chi connectivity index (χ0v) is 13.0. The van der Waals surface area contributed by atoms with E-state index >= 15 is 0 Å². The zero-order chi connectivity index (χ0) is 17.2. The largest absolute Gasteiger partial charge is 0.408 e. The number of piperazine rings is 1. The topological polar surface area (TPSA) is 39.3 Å². The van der Waals surface area contributed by atoms with E-state index in [-0.39, 0.29) is 37.6 Å². The molecule has 1 aliphatic rings. The first-order chi connectivity index (χ1) is 11.5. The number of amides is 1. The van der Waals surface area contributed by atoms with Crippen LogP contribution in [0.3, 0.4) is 0 Å². The standard InChI is InChI=1S/C17H18F3N3O/c18-17(19,20)15(13-5-2-1-3-6-13)22-9-11-23(12-10-22)16(24)14-7-4-8-21-14/h1-8,15,21H,9-12H2/t15-/m1/s1.